The number of carbonyl (C=O) groups is 2. The van der Waals surface area contributed by atoms with Crippen molar-refractivity contribution in [1.82, 2.24) is 4.57 Å². The summed E-state index contributed by atoms with van der Waals surface area (Å²) < 4.78 is 7.54. The van der Waals surface area contributed by atoms with Crippen molar-refractivity contribution in [3.63, 3.8) is 0 Å². The van der Waals surface area contributed by atoms with E-state index in [1.165, 1.54) is 5.56 Å². The molecule has 1 N–H and O–H groups in total. The lowest BCUT2D eigenvalue weighted by Crippen LogP contribution is -2.07. The van der Waals surface area contributed by atoms with Gasteiger partial charge in [0.05, 0.1) is 12.1 Å². The van der Waals surface area contributed by atoms with Crippen LogP contribution in [-0.2, 0) is 17.8 Å². The molecule has 1 aromatic heterocycles. The maximum Gasteiger partial charge on any atom is 0.323 e. The Bertz CT molecular complexity index is 1380. The van der Waals surface area contributed by atoms with Gasteiger partial charge in [0.15, 0.2) is 5.78 Å². The van der Waals surface area contributed by atoms with E-state index in [1.54, 1.807) is 0 Å². The molecule has 3 aromatic carbocycles. The molecule has 0 saturated carbocycles. The number of Topliss-reactive ketones (excluding diaryl/α,β-unsaturated/α-hetero) is 1. The number of carbonyl (C=O) groups excluding carboxylic acids is 1. The molecular formula is C33H35NO4. The number of benzene rings is 3. The lowest BCUT2D eigenvalue weighted by Gasteiger charge is -2.06. The van der Waals surface area contributed by atoms with Crippen LogP contribution < -0.4 is 4.74 Å². The maximum atomic E-state index is 12.6. The van der Waals surface area contributed by atoms with Crippen LogP contribution >= 0.6 is 0 Å². The van der Waals surface area contributed by atoms with Gasteiger partial charge in [0.1, 0.15) is 12.3 Å². The number of nitrogens with zero attached hydrogens (tertiary/aromatic N) is 1. The Labute approximate surface area is 224 Å². The maximum absolute atomic E-state index is 12.6. The number of hydrogen-bond donors (Lipinski definition) is 1. The second-order valence-electron chi connectivity index (χ2n) is 9.52. The van der Waals surface area contributed by atoms with Crippen molar-refractivity contribution >= 4 is 34.8 Å². The molecule has 0 amide bonds. The number of ketones is 1. The highest BCUT2D eigenvalue weighted by Crippen LogP contribution is 2.28. The Morgan fingerprint density at radius 1 is 0.895 bits per heavy atom. The van der Waals surface area contributed by atoms with E-state index in [-0.39, 0.29) is 12.3 Å². The summed E-state index contributed by atoms with van der Waals surface area (Å²) in [6, 6.07) is 23.5. The summed E-state index contributed by atoms with van der Waals surface area (Å²) in [5, 5.41) is 10.5. The van der Waals surface area contributed by atoms with Crippen molar-refractivity contribution in [2.75, 3.05) is 6.61 Å². The predicted octanol–water partition coefficient (Wildman–Crippen LogP) is 7.67. The van der Waals surface area contributed by atoms with Crippen LogP contribution in [0.25, 0.3) is 23.1 Å². The van der Waals surface area contributed by atoms with Gasteiger partial charge in [0.25, 0.3) is 0 Å². The van der Waals surface area contributed by atoms with E-state index in [9.17, 15) is 14.7 Å². The predicted molar refractivity (Wildman–Crippen MR) is 154 cm³/mol. The Balaban J connectivity index is 1.38. The van der Waals surface area contributed by atoms with Crippen LogP contribution in [0.2, 0.25) is 0 Å². The highest BCUT2D eigenvalue weighted by molar-refractivity contribution is 5.97. The van der Waals surface area contributed by atoms with Gasteiger partial charge in [0, 0.05) is 23.6 Å². The van der Waals surface area contributed by atoms with Crippen LogP contribution in [0.3, 0.4) is 0 Å². The quantitative estimate of drug-likeness (QED) is 0.108. The van der Waals surface area contributed by atoms with Crippen LogP contribution in [-0.4, -0.2) is 28.0 Å². The fourth-order valence-electron chi connectivity index (χ4n) is 4.64. The van der Waals surface area contributed by atoms with E-state index >= 15 is 0 Å². The molecule has 4 rings (SSSR count). The van der Waals surface area contributed by atoms with Crippen LogP contribution in [0.4, 0.5) is 0 Å². The van der Waals surface area contributed by atoms with Gasteiger partial charge in [0.2, 0.25) is 0 Å². The minimum atomic E-state index is -0.855. The van der Waals surface area contributed by atoms with E-state index in [0.717, 1.165) is 59.9 Å². The molecule has 0 radical (unpaired) electrons. The van der Waals surface area contributed by atoms with Gasteiger partial charge in [-0.2, -0.15) is 0 Å². The molecule has 4 aromatic rings. The molecule has 196 valence electrons. The lowest BCUT2D eigenvalue weighted by molar-refractivity contribution is -0.137. The number of hydrogen-bond acceptors (Lipinski definition) is 3. The summed E-state index contributed by atoms with van der Waals surface area (Å²) in [7, 11) is 0. The number of unbranched alkanes of at least 4 members (excludes halogenated alkanes) is 2. The first-order valence-corrected chi connectivity index (χ1v) is 13.4. The number of aliphatic carboxylic acids is 1. The highest BCUT2D eigenvalue weighted by Gasteiger charge is 2.13. The van der Waals surface area contributed by atoms with E-state index in [4.69, 9.17) is 4.74 Å². The zero-order chi connectivity index (χ0) is 26.7. The summed E-state index contributed by atoms with van der Waals surface area (Å²) in [5.74, 6) is 0.133. The van der Waals surface area contributed by atoms with Crippen LogP contribution in [0, 0.1) is 0 Å². The van der Waals surface area contributed by atoms with Gasteiger partial charge in [-0.15, -0.1) is 0 Å². The van der Waals surface area contributed by atoms with E-state index in [0.29, 0.717) is 18.6 Å². The van der Waals surface area contributed by atoms with E-state index in [1.807, 2.05) is 89.6 Å². The minimum Gasteiger partial charge on any atom is -0.494 e. The van der Waals surface area contributed by atoms with Crippen LogP contribution in [0.5, 0.6) is 5.75 Å². The molecular weight excluding hydrogens is 474 g/mol. The average Bonchev–Trinajstić information content (AvgIpc) is 3.28. The normalized spacial score (nSPS) is 11.3. The molecule has 5 nitrogen and oxygen atoms in total. The number of aromatic nitrogens is 1. The van der Waals surface area contributed by atoms with Crippen molar-refractivity contribution < 1.29 is 19.4 Å². The van der Waals surface area contributed by atoms with E-state index in [2.05, 4.69) is 13.0 Å². The fraction of sp³-hybridized carbons (Fsp3) is 0.273. The summed E-state index contributed by atoms with van der Waals surface area (Å²) in [5.41, 5.74) is 4.80. The number of para-hydroxylation sites is 2. The van der Waals surface area contributed by atoms with Gasteiger partial charge in [-0.25, -0.2) is 0 Å². The molecule has 0 atom stereocenters. The summed E-state index contributed by atoms with van der Waals surface area (Å²) in [6.45, 7) is 2.69. The van der Waals surface area contributed by atoms with Crippen LogP contribution in [0.15, 0.2) is 79.0 Å². The zero-order valence-corrected chi connectivity index (χ0v) is 21.9. The fourth-order valence-corrected chi connectivity index (χ4v) is 4.64. The Hall–Kier alpha value is -4.12. The average molecular weight is 510 g/mol. The Kier molecular flexibility index (Phi) is 9.52. The molecule has 0 unspecified atom stereocenters. The summed E-state index contributed by atoms with van der Waals surface area (Å²) >= 11 is 0. The standard InChI is InChI=1S/C33H35NO4/c1-2-3-10-28-23-34(24-32(36)37)33-27(11-9-14-30(28)33)21-18-25-16-19-26(20-17-25)31(35)15-7-8-22-38-29-12-5-4-6-13-29/h4-6,9,11-14,16-21,23H,2-3,7-8,10,15,22,24H2,1H3,(H,36,37)/b21-18+. The smallest absolute Gasteiger partial charge is 0.323 e. The number of fused-ring (bicyclic) bond motifs is 1. The second-order valence-corrected chi connectivity index (χ2v) is 9.52. The largest absolute Gasteiger partial charge is 0.494 e. The third-order valence-electron chi connectivity index (χ3n) is 6.62. The molecule has 0 bridgehead atoms. The SMILES string of the molecule is CCCCc1cn(CC(=O)O)c2c(/C=C/c3ccc(C(=O)CCCCOc4ccccc4)cc3)cccc12. The third kappa shape index (κ3) is 7.22. The zero-order valence-electron chi connectivity index (χ0n) is 21.9. The van der Waals surface area contributed by atoms with Gasteiger partial charge in [-0.3, -0.25) is 9.59 Å². The molecule has 0 saturated heterocycles. The number of rotatable bonds is 14. The van der Waals surface area contributed by atoms with Crippen molar-refractivity contribution in [1.29, 1.82) is 0 Å². The first-order valence-electron chi connectivity index (χ1n) is 13.4. The second kappa shape index (κ2) is 13.4. The number of carboxylic acid groups (broad SMARTS) is 1. The summed E-state index contributed by atoms with van der Waals surface area (Å²) in [6.07, 6.45) is 11.2. The van der Waals surface area contributed by atoms with Gasteiger partial charge >= 0.3 is 5.97 Å². The topological polar surface area (TPSA) is 68.5 Å². The summed E-state index contributed by atoms with van der Waals surface area (Å²) in [4.78, 5) is 24.1. The monoisotopic (exact) mass is 509 g/mol. The first-order chi connectivity index (χ1) is 18.5. The molecule has 1 heterocycles. The highest BCUT2D eigenvalue weighted by atomic mass is 16.5. The molecule has 0 spiro atoms. The van der Waals surface area contributed by atoms with Crippen molar-refractivity contribution in [3.8, 4) is 5.75 Å². The Morgan fingerprint density at radius 3 is 2.42 bits per heavy atom. The molecule has 38 heavy (non-hydrogen) atoms. The van der Waals surface area contributed by atoms with Gasteiger partial charge < -0.3 is 14.4 Å². The molecule has 0 aliphatic heterocycles. The molecule has 0 fully saturated rings. The van der Waals surface area contributed by atoms with Crippen molar-refractivity contribution in [3.05, 3.63) is 101 Å². The number of ether oxygens (including phenoxy) is 1. The van der Waals surface area contributed by atoms with Gasteiger partial charge in [-0.1, -0.05) is 86.2 Å². The van der Waals surface area contributed by atoms with E-state index < -0.39 is 5.97 Å². The third-order valence-corrected chi connectivity index (χ3v) is 6.62. The van der Waals surface area contributed by atoms with Crippen molar-refractivity contribution in [2.45, 2.75) is 52.0 Å². The Morgan fingerprint density at radius 2 is 1.68 bits per heavy atom. The van der Waals surface area contributed by atoms with Crippen LogP contribution in [0.1, 0.15) is 66.1 Å². The lowest BCUT2D eigenvalue weighted by atomic mass is 10.0. The first kappa shape index (κ1) is 26.9. The molecule has 0 aliphatic rings. The van der Waals surface area contributed by atoms with Gasteiger partial charge in [-0.05, 0) is 54.5 Å². The molecule has 0 aliphatic carbocycles. The number of aryl methyl sites for hydroxylation is 1. The minimum absolute atomic E-state index is 0.0668. The number of carboxylic acids is 1. The van der Waals surface area contributed by atoms with Crippen molar-refractivity contribution in [2.24, 2.45) is 0 Å². The molecule has 5 heteroatoms.